The predicted octanol–water partition coefficient (Wildman–Crippen LogP) is 4.19. The average Bonchev–Trinajstić information content (AvgIpc) is 2.69. The lowest BCUT2D eigenvalue weighted by atomic mass is 9.79. The van der Waals surface area contributed by atoms with Crippen molar-refractivity contribution in [2.24, 2.45) is 5.84 Å². The molecule has 106 valence electrons. The number of thiophene rings is 1. The van der Waals surface area contributed by atoms with Gasteiger partial charge in [-0.05, 0) is 55.4 Å². The van der Waals surface area contributed by atoms with E-state index >= 15 is 0 Å². The van der Waals surface area contributed by atoms with Gasteiger partial charge in [0.1, 0.15) is 0 Å². The number of benzene rings is 1. The van der Waals surface area contributed by atoms with E-state index in [9.17, 15) is 0 Å². The zero-order chi connectivity index (χ0) is 14.1. The van der Waals surface area contributed by atoms with E-state index in [4.69, 9.17) is 5.84 Å². The van der Waals surface area contributed by atoms with E-state index in [0.29, 0.717) is 0 Å². The summed E-state index contributed by atoms with van der Waals surface area (Å²) >= 11 is 1.83. The summed E-state index contributed by atoms with van der Waals surface area (Å²) in [5.74, 6) is 6.59. The number of hydrazine groups is 1. The number of nitrogens with one attached hydrogen (secondary N) is 1. The summed E-state index contributed by atoms with van der Waals surface area (Å²) in [6, 6.07) is 11.3. The minimum atomic E-state index is 0.104. The molecule has 0 spiro atoms. The first-order chi connectivity index (χ1) is 9.69. The number of rotatable bonds is 4. The van der Waals surface area contributed by atoms with Gasteiger partial charge >= 0.3 is 0 Å². The van der Waals surface area contributed by atoms with Gasteiger partial charge in [-0.25, -0.2) is 5.43 Å². The molecule has 0 aliphatic heterocycles. The maximum Gasteiger partial charge on any atom is 0.0802 e. The summed E-state index contributed by atoms with van der Waals surface area (Å²) in [4.78, 5) is 2.67. The van der Waals surface area contributed by atoms with Crippen LogP contribution < -0.4 is 11.3 Å². The van der Waals surface area contributed by atoms with Crippen LogP contribution in [-0.2, 0) is 0 Å². The second-order valence-electron chi connectivity index (χ2n) is 5.79. The zero-order valence-electron chi connectivity index (χ0n) is 12.1. The molecule has 1 heterocycles. The summed E-state index contributed by atoms with van der Waals surface area (Å²) < 4.78 is 0. The van der Waals surface area contributed by atoms with Crippen molar-refractivity contribution in [2.75, 3.05) is 0 Å². The normalized spacial score (nSPS) is 16.9. The molecule has 1 atom stereocenters. The van der Waals surface area contributed by atoms with Crippen LogP contribution in [-0.4, -0.2) is 0 Å². The van der Waals surface area contributed by atoms with E-state index in [-0.39, 0.29) is 6.04 Å². The van der Waals surface area contributed by atoms with Gasteiger partial charge in [-0.1, -0.05) is 30.7 Å². The van der Waals surface area contributed by atoms with Crippen molar-refractivity contribution >= 4 is 11.3 Å². The van der Waals surface area contributed by atoms with Crippen molar-refractivity contribution in [1.82, 2.24) is 5.43 Å². The van der Waals surface area contributed by atoms with Gasteiger partial charge < -0.3 is 0 Å². The largest absolute Gasteiger partial charge is 0.271 e. The van der Waals surface area contributed by atoms with E-state index in [1.54, 1.807) is 0 Å². The second-order valence-corrected chi connectivity index (χ2v) is 7.07. The van der Waals surface area contributed by atoms with Crippen molar-refractivity contribution < 1.29 is 0 Å². The summed E-state index contributed by atoms with van der Waals surface area (Å²) in [5, 5.41) is 0. The van der Waals surface area contributed by atoms with Crippen LogP contribution in [0.15, 0.2) is 30.3 Å². The molecule has 1 fully saturated rings. The lowest BCUT2D eigenvalue weighted by Crippen LogP contribution is -2.28. The van der Waals surface area contributed by atoms with E-state index in [0.717, 1.165) is 5.92 Å². The van der Waals surface area contributed by atoms with E-state index in [1.807, 2.05) is 11.3 Å². The molecule has 3 heteroatoms. The molecule has 0 saturated heterocycles. The molecule has 1 aromatic carbocycles. The fourth-order valence-electron chi connectivity index (χ4n) is 2.82. The molecule has 1 aliphatic rings. The van der Waals surface area contributed by atoms with Crippen LogP contribution in [0.4, 0.5) is 0 Å². The SMILES string of the molecule is Cc1cc(C(NN)c2cccc(C3CCC3)c2)sc1C. The van der Waals surface area contributed by atoms with Crippen molar-refractivity contribution in [3.8, 4) is 0 Å². The topological polar surface area (TPSA) is 38.0 Å². The second kappa shape index (κ2) is 5.68. The molecular formula is C17H22N2S. The Bertz CT molecular complexity index is 579. The highest BCUT2D eigenvalue weighted by atomic mass is 32.1. The molecule has 1 unspecified atom stereocenters. The molecule has 0 radical (unpaired) electrons. The van der Waals surface area contributed by atoms with Crippen LogP contribution in [0.3, 0.4) is 0 Å². The van der Waals surface area contributed by atoms with Gasteiger partial charge in [-0.2, -0.15) is 0 Å². The third-order valence-corrected chi connectivity index (χ3v) is 5.67. The molecule has 1 aliphatic carbocycles. The molecule has 2 aromatic rings. The Morgan fingerprint density at radius 3 is 2.60 bits per heavy atom. The minimum Gasteiger partial charge on any atom is -0.271 e. The van der Waals surface area contributed by atoms with Gasteiger partial charge in [-0.15, -0.1) is 11.3 Å². The predicted molar refractivity (Wildman–Crippen MR) is 86.0 cm³/mol. The molecule has 20 heavy (non-hydrogen) atoms. The molecular weight excluding hydrogens is 264 g/mol. The monoisotopic (exact) mass is 286 g/mol. The van der Waals surface area contributed by atoms with Crippen LogP contribution in [0.2, 0.25) is 0 Å². The lowest BCUT2D eigenvalue weighted by molar-refractivity contribution is 0.419. The Kier molecular flexibility index (Phi) is 3.92. The van der Waals surface area contributed by atoms with Crippen LogP contribution in [0.1, 0.15) is 57.7 Å². The van der Waals surface area contributed by atoms with Gasteiger partial charge in [0.15, 0.2) is 0 Å². The Morgan fingerprint density at radius 2 is 2.05 bits per heavy atom. The third kappa shape index (κ3) is 2.53. The van der Waals surface area contributed by atoms with Gasteiger partial charge in [0.25, 0.3) is 0 Å². The maximum absolute atomic E-state index is 5.83. The van der Waals surface area contributed by atoms with Gasteiger partial charge in [0, 0.05) is 9.75 Å². The van der Waals surface area contributed by atoms with Crippen LogP contribution >= 0.6 is 11.3 Å². The Labute approximate surface area is 125 Å². The Balaban J connectivity index is 1.92. The Hall–Kier alpha value is -1.16. The highest BCUT2D eigenvalue weighted by Gasteiger charge is 2.21. The van der Waals surface area contributed by atoms with Crippen LogP contribution in [0, 0.1) is 13.8 Å². The maximum atomic E-state index is 5.83. The van der Waals surface area contributed by atoms with Crippen molar-refractivity contribution in [2.45, 2.75) is 45.1 Å². The van der Waals surface area contributed by atoms with Crippen molar-refractivity contribution in [1.29, 1.82) is 0 Å². The van der Waals surface area contributed by atoms with E-state index in [1.165, 1.54) is 45.7 Å². The van der Waals surface area contributed by atoms with E-state index < -0.39 is 0 Å². The van der Waals surface area contributed by atoms with Crippen molar-refractivity contribution in [3.63, 3.8) is 0 Å². The summed E-state index contributed by atoms with van der Waals surface area (Å²) in [7, 11) is 0. The smallest absolute Gasteiger partial charge is 0.0802 e. The van der Waals surface area contributed by atoms with E-state index in [2.05, 4.69) is 49.6 Å². The molecule has 3 N–H and O–H groups in total. The molecule has 0 amide bonds. The van der Waals surface area contributed by atoms with Gasteiger partial charge in [0.2, 0.25) is 0 Å². The van der Waals surface area contributed by atoms with Crippen LogP contribution in [0.25, 0.3) is 0 Å². The standard InChI is InChI=1S/C17H22N2S/c1-11-9-16(20-12(11)2)17(19-18)15-8-4-7-14(10-15)13-5-3-6-13/h4,7-10,13,17,19H,3,5-6,18H2,1-2H3. The first kappa shape index (κ1) is 13.8. The Morgan fingerprint density at radius 1 is 1.25 bits per heavy atom. The fraction of sp³-hybridized carbons (Fsp3) is 0.412. The van der Waals surface area contributed by atoms with Crippen molar-refractivity contribution in [3.05, 3.63) is 56.8 Å². The highest BCUT2D eigenvalue weighted by molar-refractivity contribution is 7.12. The lowest BCUT2D eigenvalue weighted by Gasteiger charge is -2.27. The first-order valence-electron chi connectivity index (χ1n) is 7.32. The molecule has 0 bridgehead atoms. The quantitative estimate of drug-likeness (QED) is 0.653. The number of hydrogen-bond donors (Lipinski definition) is 2. The van der Waals surface area contributed by atoms with Gasteiger partial charge in [0.05, 0.1) is 6.04 Å². The number of aryl methyl sites for hydroxylation is 2. The fourth-order valence-corrected chi connectivity index (χ4v) is 3.95. The number of hydrogen-bond acceptors (Lipinski definition) is 3. The molecule has 1 saturated carbocycles. The number of nitrogens with two attached hydrogens (primary N) is 1. The highest BCUT2D eigenvalue weighted by Crippen LogP contribution is 2.38. The zero-order valence-corrected chi connectivity index (χ0v) is 13.0. The molecule has 3 rings (SSSR count). The summed E-state index contributed by atoms with van der Waals surface area (Å²) in [6.45, 7) is 4.33. The third-order valence-electron chi connectivity index (χ3n) is 4.46. The molecule has 2 nitrogen and oxygen atoms in total. The minimum absolute atomic E-state index is 0.104. The summed E-state index contributed by atoms with van der Waals surface area (Å²) in [6.07, 6.45) is 4.04. The van der Waals surface area contributed by atoms with Crippen LogP contribution in [0.5, 0.6) is 0 Å². The first-order valence-corrected chi connectivity index (χ1v) is 8.13. The average molecular weight is 286 g/mol. The molecule has 1 aromatic heterocycles. The van der Waals surface area contributed by atoms with Gasteiger partial charge in [-0.3, -0.25) is 5.84 Å². The summed E-state index contributed by atoms with van der Waals surface area (Å²) in [5.41, 5.74) is 7.08.